The first-order valence-corrected chi connectivity index (χ1v) is 6.33. The van der Waals surface area contributed by atoms with Gasteiger partial charge in [0.25, 0.3) is 5.91 Å². The van der Waals surface area contributed by atoms with Gasteiger partial charge in [-0.05, 0) is 19.4 Å². The molecule has 0 aromatic heterocycles. The molecule has 1 unspecified atom stereocenters. The van der Waals surface area contributed by atoms with Crippen molar-refractivity contribution in [1.82, 2.24) is 15.5 Å². The Labute approximate surface area is 113 Å². The van der Waals surface area contributed by atoms with Crippen molar-refractivity contribution in [2.24, 2.45) is 0 Å². The summed E-state index contributed by atoms with van der Waals surface area (Å²) < 4.78 is 40.1. The third kappa shape index (κ3) is 3.21. The highest BCUT2D eigenvalue weighted by Gasteiger charge is 2.51. The van der Waals surface area contributed by atoms with Gasteiger partial charge < -0.3 is 15.4 Å². The lowest BCUT2D eigenvalue weighted by Gasteiger charge is -2.31. The number of carbonyl (C=O) groups is 2. The van der Waals surface area contributed by atoms with Crippen molar-refractivity contribution in [3.63, 3.8) is 0 Å². The number of ether oxygens (including phenoxy) is 1. The summed E-state index contributed by atoms with van der Waals surface area (Å²) in [7, 11) is 0. The maximum atomic E-state index is 12.2. The van der Waals surface area contributed by atoms with Crippen LogP contribution in [-0.2, 0) is 9.53 Å². The first-order chi connectivity index (χ1) is 9.34. The van der Waals surface area contributed by atoms with Crippen LogP contribution >= 0.6 is 0 Å². The number of piperidine rings is 1. The number of carbonyl (C=O) groups excluding carboxylic acids is 2. The SMILES string of the molecule is O=C1NC2(CCCNC2)C(=O)N1CCOCC(F)(F)F. The second kappa shape index (κ2) is 5.57. The van der Waals surface area contributed by atoms with Crippen LogP contribution < -0.4 is 10.6 Å². The predicted molar refractivity (Wildman–Crippen MR) is 62.0 cm³/mol. The van der Waals surface area contributed by atoms with E-state index in [9.17, 15) is 22.8 Å². The molecule has 9 heteroatoms. The summed E-state index contributed by atoms with van der Waals surface area (Å²) in [5, 5.41) is 5.66. The fraction of sp³-hybridized carbons (Fsp3) is 0.818. The molecule has 0 saturated carbocycles. The highest BCUT2D eigenvalue weighted by molar-refractivity contribution is 6.07. The summed E-state index contributed by atoms with van der Waals surface area (Å²) in [6.07, 6.45) is -3.12. The van der Waals surface area contributed by atoms with Crippen LogP contribution in [0.4, 0.5) is 18.0 Å². The molecule has 3 amide bonds. The number of alkyl halides is 3. The first kappa shape index (κ1) is 15.0. The first-order valence-electron chi connectivity index (χ1n) is 6.33. The summed E-state index contributed by atoms with van der Waals surface area (Å²) in [6.45, 7) is -0.773. The van der Waals surface area contributed by atoms with Crippen molar-refractivity contribution in [2.45, 2.75) is 24.6 Å². The summed E-state index contributed by atoms with van der Waals surface area (Å²) in [5.41, 5.74) is -0.945. The number of urea groups is 1. The Hall–Kier alpha value is -1.35. The minimum absolute atomic E-state index is 0.178. The highest BCUT2D eigenvalue weighted by atomic mass is 19.4. The molecule has 2 saturated heterocycles. The molecule has 6 nitrogen and oxygen atoms in total. The maximum Gasteiger partial charge on any atom is 0.411 e. The molecule has 0 radical (unpaired) electrons. The Morgan fingerprint density at radius 1 is 1.35 bits per heavy atom. The summed E-state index contributed by atoms with van der Waals surface area (Å²) in [6, 6.07) is -0.575. The second-order valence-electron chi connectivity index (χ2n) is 4.92. The van der Waals surface area contributed by atoms with E-state index in [4.69, 9.17) is 0 Å². The summed E-state index contributed by atoms with van der Waals surface area (Å²) >= 11 is 0. The molecule has 1 atom stereocenters. The fourth-order valence-electron chi connectivity index (χ4n) is 2.42. The van der Waals surface area contributed by atoms with E-state index in [1.54, 1.807) is 0 Å². The van der Waals surface area contributed by atoms with Gasteiger partial charge in [-0.15, -0.1) is 0 Å². The smallest absolute Gasteiger partial charge is 0.370 e. The van der Waals surface area contributed by atoms with E-state index in [2.05, 4.69) is 15.4 Å². The molecule has 2 aliphatic rings. The predicted octanol–water partition coefficient (Wildman–Crippen LogP) is 0.239. The number of rotatable bonds is 4. The number of hydrogen-bond acceptors (Lipinski definition) is 4. The van der Waals surface area contributed by atoms with Gasteiger partial charge in [0.1, 0.15) is 12.1 Å². The number of imide groups is 1. The lowest BCUT2D eigenvalue weighted by molar-refractivity contribution is -0.174. The third-order valence-electron chi connectivity index (χ3n) is 3.35. The molecule has 1 spiro atoms. The van der Waals surface area contributed by atoms with Crippen molar-refractivity contribution in [3.05, 3.63) is 0 Å². The van der Waals surface area contributed by atoms with Crippen LogP contribution in [0.5, 0.6) is 0 Å². The Morgan fingerprint density at radius 2 is 2.10 bits per heavy atom. The van der Waals surface area contributed by atoms with Gasteiger partial charge in [-0.2, -0.15) is 13.2 Å². The molecule has 2 aliphatic heterocycles. The van der Waals surface area contributed by atoms with E-state index in [1.807, 2.05) is 0 Å². The zero-order valence-corrected chi connectivity index (χ0v) is 10.8. The van der Waals surface area contributed by atoms with Crippen molar-refractivity contribution in [2.75, 3.05) is 32.8 Å². The second-order valence-corrected chi connectivity index (χ2v) is 4.92. The van der Waals surface area contributed by atoms with Gasteiger partial charge in [0.05, 0.1) is 13.2 Å². The van der Waals surface area contributed by atoms with Gasteiger partial charge >= 0.3 is 12.2 Å². The van der Waals surface area contributed by atoms with Crippen LogP contribution in [-0.4, -0.2) is 61.4 Å². The van der Waals surface area contributed by atoms with E-state index < -0.39 is 30.3 Å². The van der Waals surface area contributed by atoms with E-state index in [0.29, 0.717) is 13.0 Å². The molecular formula is C11H16F3N3O3. The standard InChI is InChI=1S/C11H16F3N3O3/c12-11(13,14)7-20-5-4-17-8(18)10(16-9(17)19)2-1-3-15-6-10/h15H,1-7H2,(H,16,19). The minimum atomic E-state index is -4.41. The average Bonchev–Trinajstić information content (AvgIpc) is 2.58. The van der Waals surface area contributed by atoms with Crippen LogP contribution in [0.3, 0.4) is 0 Å². The van der Waals surface area contributed by atoms with Gasteiger partial charge in [-0.1, -0.05) is 0 Å². The van der Waals surface area contributed by atoms with Gasteiger partial charge in [0.15, 0.2) is 0 Å². The normalized spacial score (nSPS) is 27.2. The van der Waals surface area contributed by atoms with Crippen molar-refractivity contribution in [1.29, 1.82) is 0 Å². The molecule has 0 aromatic rings. The number of halogens is 3. The molecule has 2 N–H and O–H groups in total. The molecule has 0 aromatic carbocycles. The van der Waals surface area contributed by atoms with Crippen LogP contribution in [0.15, 0.2) is 0 Å². The third-order valence-corrected chi connectivity index (χ3v) is 3.35. The topological polar surface area (TPSA) is 70.7 Å². The maximum absolute atomic E-state index is 12.2. The zero-order chi connectivity index (χ0) is 14.8. The molecule has 2 rings (SSSR count). The zero-order valence-electron chi connectivity index (χ0n) is 10.8. The number of hydrogen-bond donors (Lipinski definition) is 2. The largest absolute Gasteiger partial charge is 0.411 e. The Balaban J connectivity index is 1.86. The fourth-order valence-corrected chi connectivity index (χ4v) is 2.42. The van der Waals surface area contributed by atoms with E-state index >= 15 is 0 Å². The molecule has 20 heavy (non-hydrogen) atoms. The van der Waals surface area contributed by atoms with E-state index in [-0.39, 0.29) is 13.2 Å². The average molecular weight is 295 g/mol. The Bertz CT molecular complexity index is 394. The monoisotopic (exact) mass is 295 g/mol. The van der Waals surface area contributed by atoms with Crippen LogP contribution in [0, 0.1) is 0 Å². The molecule has 0 aliphatic carbocycles. The van der Waals surface area contributed by atoms with Gasteiger partial charge in [-0.3, -0.25) is 9.69 Å². The number of amides is 3. The van der Waals surface area contributed by atoms with Crippen molar-refractivity contribution in [3.8, 4) is 0 Å². The van der Waals surface area contributed by atoms with Gasteiger partial charge in [0.2, 0.25) is 0 Å². The lowest BCUT2D eigenvalue weighted by Crippen LogP contribution is -2.57. The molecule has 2 fully saturated rings. The Kier molecular flexibility index (Phi) is 4.19. The summed E-state index contributed by atoms with van der Waals surface area (Å²) in [4.78, 5) is 24.9. The molecule has 2 heterocycles. The van der Waals surface area contributed by atoms with Crippen molar-refractivity contribution < 1.29 is 27.5 Å². The van der Waals surface area contributed by atoms with Crippen LogP contribution in [0.1, 0.15) is 12.8 Å². The van der Waals surface area contributed by atoms with Crippen LogP contribution in [0.2, 0.25) is 0 Å². The number of nitrogens with one attached hydrogen (secondary N) is 2. The molecular weight excluding hydrogens is 279 g/mol. The Morgan fingerprint density at radius 3 is 2.70 bits per heavy atom. The summed E-state index contributed by atoms with van der Waals surface area (Å²) in [5.74, 6) is -0.398. The molecule has 114 valence electrons. The van der Waals surface area contributed by atoms with Gasteiger partial charge in [0, 0.05) is 6.54 Å². The van der Waals surface area contributed by atoms with Crippen molar-refractivity contribution >= 4 is 11.9 Å². The van der Waals surface area contributed by atoms with Crippen LogP contribution in [0.25, 0.3) is 0 Å². The molecule has 0 bridgehead atoms. The van der Waals surface area contributed by atoms with Gasteiger partial charge in [-0.25, -0.2) is 4.79 Å². The number of nitrogens with zero attached hydrogens (tertiary/aromatic N) is 1. The van der Waals surface area contributed by atoms with E-state index in [0.717, 1.165) is 17.9 Å². The minimum Gasteiger partial charge on any atom is -0.370 e. The highest BCUT2D eigenvalue weighted by Crippen LogP contribution is 2.24. The lowest BCUT2D eigenvalue weighted by atomic mass is 9.90. The van der Waals surface area contributed by atoms with E-state index in [1.165, 1.54) is 0 Å². The quantitative estimate of drug-likeness (QED) is 0.576.